The van der Waals surface area contributed by atoms with Gasteiger partial charge in [0.05, 0.1) is 10.6 Å². The molecule has 1 aromatic rings. The summed E-state index contributed by atoms with van der Waals surface area (Å²) in [6, 6.07) is 5.38. The van der Waals surface area contributed by atoms with Gasteiger partial charge in [0.1, 0.15) is 0 Å². The molecule has 22 heavy (non-hydrogen) atoms. The molecule has 120 valence electrons. The molecule has 0 saturated carbocycles. The van der Waals surface area contributed by atoms with Gasteiger partial charge in [-0.2, -0.15) is 0 Å². The van der Waals surface area contributed by atoms with Gasteiger partial charge in [0.25, 0.3) is 5.91 Å². The summed E-state index contributed by atoms with van der Waals surface area (Å²) in [6.07, 6.45) is 0.485. The van der Waals surface area contributed by atoms with Crippen LogP contribution < -0.4 is 5.32 Å². The molecular weight excluding hydrogens is 300 g/mol. The summed E-state index contributed by atoms with van der Waals surface area (Å²) in [5, 5.41) is 3.35. The number of aryl methyl sites for hydroxylation is 1. The normalized spacial score (nSPS) is 18.7. The van der Waals surface area contributed by atoms with Gasteiger partial charge in [-0.05, 0) is 39.8 Å². The van der Waals surface area contributed by atoms with Crippen LogP contribution >= 0.6 is 11.6 Å². The number of amides is 2. The second kappa shape index (κ2) is 6.29. The van der Waals surface area contributed by atoms with Crippen LogP contribution in [0.1, 0.15) is 43.1 Å². The third-order valence-corrected chi connectivity index (χ3v) is 4.26. The largest absolute Gasteiger partial charge is 0.352 e. The third-order valence-electron chi connectivity index (χ3n) is 3.93. The van der Waals surface area contributed by atoms with E-state index in [1.807, 2.05) is 38.7 Å². The van der Waals surface area contributed by atoms with Gasteiger partial charge in [0.2, 0.25) is 5.91 Å². The Morgan fingerprint density at radius 2 is 2.09 bits per heavy atom. The summed E-state index contributed by atoms with van der Waals surface area (Å²) in [6.45, 7) is 9.17. The van der Waals surface area contributed by atoms with Crippen LogP contribution in [0.5, 0.6) is 0 Å². The van der Waals surface area contributed by atoms with E-state index >= 15 is 0 Å². The molecule has 1 heterocycles. The zero-order valence-corrected chi connectivity index (χ0v) is 14.3. The number of nitrogens with one attached hydrogen (secondary N) is 1. The Bertz CT molecular complexity index is 593. The highest BCUT2D eigenvalue weighted by Gasteiger charge is 2.36. The third kappa shape index (κ3) is 3.80. The van der Waals surface area contributed by atoms with Crippen LogP contribution in [0, 0.1) is 12.8 Å². The van der Waals surface area contributed by atoms with Crippen molar-refractivity contribution < 1.29 is 9.59 Å². The average molecular weight is 323 g/mol. The minimum absolute atomic E-state index is 0.152. The molecule has 1 aliphatic rings. The summed E-state index contributed by atoms with van der Waals surface area (Å²) >= 11 is 6.07. The van der Waals surface area contributed by atoms with Crippen molar-refractivity contribution in [1.82, 2.24) is 10.2 Å². The van der Waals surface area contributed by atoms with Gasteiger partial charge in [-0.3, -0.25) is 9.59 Å². The summed E-state index contributed by atoms with van der Waals surface area (Å²) < 4.78 is 0. The van der Waals surface area contributed by atoms with Gasteiger partial charge < -0.3 is 10.2 Å². The van der Waals surface area contributed by atoms with Crippen LogP contribution in [0.4, 0.5) is 0 Å². The molecule has 0 unspecified atom stereocenters. The van der Waals surface area contributed by atoms with Gasteiger partial charge in [-0.15, -0.1) is 0 Å². The molecule has 0 bridgehead atoms. The van der Waals surface area contributed by atoms with Crippen LogP contribution in [0.3, 0.4) is 0 Å². The summed E-state index contributed by atoms with van der Waals surface area (Å²) in [4.78, 5) is 26.2. The average Bonchev–Trinajstić information content (AvgIpc) is 2.80. The first-order valence-electron chi connectivity index (χ1n) is 7.53. The number of rotatable bonds is 3. The molecule has 0 spiro atoms. The standard InChI is InChI=1S/C17H23ClN2O2/c1-11-5-6-14(18)13(7-11)16(22)19-9-12-8-15(21)20(10-12)17(2,3)4/h5-7,12H,8-10H2,1-4H3,(H,19,22)/t12-/m0/s1. The van der Waals surface area contributed by atoms with E-state index in [9.17, 15) is 9.59 Å². The fourth-order valence-electron chi connectivity index (χ4n) is 2.71. The van der Waals surface area contributed by atoms with Crippen LogP contribution in [0.25, 0.3) is 0 Å². The maximum atomic E-state index is 12.2. The molecule has 5 heteroatoms. The quantitative estimate of drug-likeness (QED) is 0.930. The molecule has 1 aliphatic heterocycles. The summed E-state index contributed by atoms with van der Waals surface area (Å²) in [5.41, 5.74) is 1.30. The fourth-order valence-corrected chi connectivity index (χ4v) is 2.92. The second-order valence-corrected chi connectivity index (χ2v) is 7.35. The molecule has 1 atom stereocenters. The number of hydrogen-bond donors (Lipinski definition) is 1. The lowest BCUT2D eigenvalue weighted by atomic mass is 10.1. The summed E-state index contributed by atoms with van der Waals surface area (Å²) in [7, 11) is 0. The smallest absolute Gasteiger partial charge is 0.252 e. The molecule has 0 radical (unpaired) electrons. The van der Waals surface area contributed by atoms with Crippen molar-refractivity contribution in [1.29, 1.82) is 0 Å². The Kier molecular flexibility index (Phi) is 4.81. The van der Waals surface area contributed by atoms with Gasteiger partial charge in [0.15, 0.2) is 0 Å². The van der Waals surface area contributed by atoms with Gasteiger partial charge >= 0.3 is 0 Å². The molecule has 0 aliphatic carbocycles. The van der Waals surface area contributed by atoms with Crippen LogP contribution in [-0.4, -0.2) is 35.3 Å². The van der Waals surface area contributed by atoms with E-state index in [0.717, 1.165) is 5.56 Å². The zero-order chi connectivity index (χ0) is 16.5. The number of carbonyl (C=O) groups is 2. The lowest BCUT2D eigenvalue weighted by Crippen LogP contribution is -2.42. The molecule has 2 rings (SSSR count). The number of likely N-dealkylation sites (tertiary alicyclic amines) is 1. The Morgan fingerprint density at radius 3 is 2.68 bits per heavy atom. The molecule has 1 saturated heterocycles. The molecule has 4 nitrogen and oxygen atoms in total. The molecule has 0 aromatic heterocycles. The van der Waals surface area contributed by atoms with Gasteiger partial charge in [-0.1, -0.05) is 23.2 Å². The van der Waals surface area contributed by atoms with Crippen LogP contribution in [-0.2, 0) is 4.79 Å². The molecule has 2 amide bonds. The molecular formula is C17H23ClN2O2. The number of halogens is 1. The lowest BCUT2D eigenvalue weighted by molar-refractivity contribution is -0.131. The Hall–Kier alpha value is -1.55. The fraction of sp³-hybridized carbons (Fsp3) is 0.529. The predicted molar refractivity (Wildman–Crippen MR) is 88.1 cm³/mol. The number of benzene rings is 1. The minimum atomic E-state index is -0.185. The van der Waals surface area contributed by atoms with E-state index in [4.69, 9.17) is 11.6 Å². The van der Waals surface area contributed by atoms with E-state index in [1.165, 1.54) is 0 Å². The van der Waals surface area contributed by atoms with Crippen molar-refractivity contribution in [2.45, 2.75) is 39.7 Å². The van der Waals surface area contributed by atoms with Crippen LogP contribution in [0.15, 0.2) is 18.2 Å². The monoisotopic (exact) mass is 322 g/mol. The van der Waals surface area contributed by atoms with Crippen molar-refractivity contribution in [2.75, 3.05) is 13.1 Å². The maximum Gasteiger partial charge on any atom is 0.252 e. The minimum Gasteiger partial charge on any atom is -0.352 e. The highest BCUT2D eigenvalue weighted by atomic mass is 35.5. The van der Waals surface area contributed by atoms with Crippen LogP contribution in [0.2, 0.25) is 5.02 Å². The van der Waals surface area contributed by atoms with E-state index in [2.05, 4.69) is 5.32 Å². The zero-order valence-electron chi connectivity index (χ0n) is 13.6. The highest BCUT2D eigenvalue weighted by molar-refractivity contribution is 6.33. The summed E-state index contributed by atoms with van der Waals surface area (Å²) in [5.74, 6) is 0.120. The van der Waals surface area contributed by atoms with Gasteiger partial charge in [0, 0.05) is 31.0 Å². The Morgan fingerprint density at radius 1 is 1.41 bits per heavy atom. The van der Waals surface area contributed by atoms with Crippen molar-refractivity contribution in [3.63, 3.8) is 0 Å². The van der Waals surface area contributed by atoms with Gasteiger partial charge in [-0.25, -0.2) is 0 Å². The predicted octanol–water partition coefficient (Wildman–Crippen LogP) is 3.03. The Labute approximate surface area is 136 Å². The van der Waals surface area contributed by atoms with E-state index in [-0.39, 0.29) is 23.3 Å². The Balaban J connectivity index is 1.95. The van der Waals surface area contributed by atoms with E-state index in [1.54, 1.807) is 12.1 Å². The van der Waals surface area contributed by atoms with E-state index in [0.29, 0.717) is 30.1 Å². The highest BCUT2D eigenvalue weighted by Crippen LogP contribution is 2.25. The first kappa shape index (κ1) is 16.8. The second-order valence-electron chi connectivity index (χ2n) is 6.94. The first-order valence-corrected chi connectivity index (χ1v) is 7.91. The topological polar surface area (TPSA) is 49.4 Å². The van der Waals surface area contributed by atoms with Crippen molar-refractivity contribution in [2.24, 2.45) is 5.92 Å². The van der Waals surface area contributed by atoms with E-state index < -0.39 is 0 Å². The molecule has 1 N–H and O–H groups in total. The number of carbonyl (C=O) groups excluding carboxylic acids is 2. The first-order chi connectivity index (χ1) is 10.2. The van der Waals surface area contributed by atoms with Crippen molar-refractivity contribution >= 4 is 23.4 Å². The maximum absolute atomic E-state index is 12.2. The SMILES string of the molecule is Cc1ccc(Cl)c(C(=O)NC[C@@H]2CC(=O)N(C(C)(C)C)C2)c1. The van der Waals surface area contributed by atoms with Crippen molar-refractivity contribution in [3.05, 3.63) is 34.3 Å². The van der Waals surface area contributed by atoms with Crippen molar-refractivity contribution in [3.8, 4) is 0 Å². The molecule has 1 fully saturated rings. The number of nitrogens with zero attached hydrogens (tertiary/aromatic N) is 1. The molecule has 1 aromatic carbocycles. The lowest BCUT2D eigenvalue weighted by Gasteiger charge is -2.32. The number of hydrogen-bond acceptors (Lipinski definition) is 2.